The maximum atomic E-state index is 14.0. The van der Waals surface area contributed by atoms with Gasteiger partial charge in [0.15, 0.2) is 0 Å². The van der Waals surface area contributed by atoms with Gasteiger partial charge in [0.2, 0.25) is 21.8 Å². The summed E-state index contributed by atoms with van der Waals surface area (Å²) in [6.07, 6.45) is 1.25. The first-order valence-corrected chi connectivity index (χ1v) is 14.7. The summed E-state index contributed by atoms with van der Waals surface area (Å²) in [4.78, 5) is 28.6. The van der Waals surface area contributed by atoms with Crippen molar-refractivity contribution in [1.82, 2.24) is 10.2 Å². The summed E-state index contributed by atoms with van der Waals surface area (Å²) in [7, 11) is 0.423. The van der Waals surface area contributed by atoms with E-state index in [0.29, 0.717) is 5.75 Å². The van der Waals surface area contributed by atoms with Gasteiger partial charge in [0.25, 0.3) is 0 Å². The molecule has 3 aromatic rings. The van der Waals surface area contributed by atoms with Crippen LogP contribution >= 0.6 is 15.9 Å². The van der Waals surface area contributed by atoms with E-state index < -0.39 is 28.5 Å². The third-order valence-corrected chi connectivity index (χ3v) is 7.71. The monoisotopic (exact) mass is 617 g/mol. The fourth-order valence-corrected chi connectivity index (χ4v) is 5.43. The Morgan fingerprint density at radius 3 is 2.23 bits per heavy atom. The zero-order chi connectivity index (χ0) is 28.6. The summed E-state index contributed by atoms with van der Waals surface area (Å²) in [6.45, 7) is -0.477. The highest BCUT2D eigenvalue weighted by molar-refractivity contribution is 9.10. The Morgan fingerprint density at radius 1 is 0.949 bits per heavy atom. The number of hydrogen-bond donors (Lipinski definition) is 1. The highest BCUT2D eigenvalue weighted by Crippen LogP contribution is 2.34. The summed E-state index contributed by atoms with van der Waals surface area (Å²) in [6, 6.07) is 20.5. The van der Waals surface area contributed by atoms with Gasteiger partial charge in [0.05, 0.1) is 26.2 Å². The second kappa shape index (κ2) is 13.5. The van der Waals surface area contributed by atoms with Gasteiger partial charge in [-0.3, -0.25) is 13.9 Å². The van der Waals surface area contributed by atoms with E-state index in [9.17, 15) is 18.0 Å². The molecule has 0 aliphatic rings. The van der Waals surface area contributed by atoms with Crippen molar-refractivity contribution in [1.29, 1.82) is 0 Å². The number of methoxy groups -OCH3 is 2. The van der Waals surface area contributed by atoms with E-state index >= 15 is 0 Å². The molecule has 0 fully saturated rings. The number of carbonyl (C=O) groups excluding carboxylic acids is 2. The molecule has 2 amide bonds. The number of nitrogens with one attached hydrogen (secondary N) is 1. The predicted octanol–water partition coefficient (Wildman–Crippen LogP) is 3.62. The number of benzene rings is 3. The number of ether oxygens (including phenoxy) is 2. The molecule has 0 aromatic heterocycles. The van der Waals surface area contributed by atoms with Crippen LogP contribution < -0.4 is 19.1 Å². The van der Waals surface area contributed by atoms with Gasteiger partial charge in [-0.25, -0.2) is 8.42 Å². The van der Waals surface area contributed by atoms with Gasteiger partial charge in [-0.1, -0.05) is 58.4 Å². The minimum absolute atomic E-state index is 0.0794. The second-order valence-electron chi connectivity index (χ2n) is 8.78. The molecule has 0 radical (unpaired) electrons. The van der Waals surface area contributed by atoms with Crippen LogP contribution in [0.25, 0.3) is 0 Å². The van der Waals surface area contributed by atoms with E-state index in [0.717, 1.165) is 26.2 Å². The van der Waals surface area contributed by atoms with Crippen molar-refractivity contribution in [3.05, 3.63) is 88.4 Å². The van der Waals surface area contributed by atoms with Crippen molar-refractivity contribution in [3.63, 3.8) is 0 Å². The molecule has 11 heteroatoms. The lowest BCUT2D eigenvalue weighted by atomic mass is 10.0. The van der Waals surface area contributed by atoms with Crippen molar-refractivity contribution in [2.45, 2.75) is 19.0 Å². The Balaban J connectivity index is 2.08. The SMILES string of the molecule is CNC(=O)[C@@H](Cc1ccccc1)N(Cc1cccc(Br)c1)C(=O)CN(c1cc(OC)ccc1OC)S(C)(=O)=O. The summed E-state index contributed by atoms with van der Waals surface area (Å²) in [5.74, 6) is -0.285. The largest absolute Gasteiger partial charge is 0.497 e. The Hall–Kier alpha value is -3.57. The van der Waals surface area contributed by atoms with Crippen LogP contribution in [0.2, 0.25) is 0 Å². The molecule has 0 aliphatic heterocycles. The Bertz CT molecular complexity index is 1400. The smallest absolute Gasteiger partial charge is 0.244 e. The lowest BCUT2D eigenvalue weighted by molar-refractivity contribution is -0.139. The zero-order valence-electron chi connectivity index (χ0n) is 22.3. The molecule has 3 rings (SSSR count). The summed E-state index contributed by atoms with van der Waals surface area (Å²) in [5, 5.41) is 2.66. The number of hydrogen-bond acceptors (Lipinski definition) is 6. The van der Waals surface area contributed by atoms with Gasteiger partial charge < -0.3 is 19.7 Å². The van der Waals surface area contributed by atoms with Crippen molar-refractivity contribution < 1.29 is 27.5 Å². The van der Waals surface area contributed by atoms with E-state index in [1.165, 1.54) is 32.2 Å². The first kappa shape index (κ1) is 30.0. The fraction of sp³-hybridized carbons (Fsp3) is 0.286. The molecule has 0 spiro atoms. The summed E-state index contributed by atoms with van der Waals surface area (Å²) < 4.78 is 38.4. The number of likely N-dealkylation sites (N-methyl/N-ethyl adjacent to an activating group) is 1. The Morgan fingerprint density at radius 2 is 1.64 bits per heavy atom. The van der Waals surface area contributed by atoms with E-state index in [2.05, 4.69) is 21.2 Å². The molecule has 0 saturated heterocycles. The molecule has 39 heavy (non-hydrogen) atoms. The van der Waals surface area contributed by atoms with Crippen molar-refractivity contribution >= 4 is 43.5 Å². The average Bonchev–Trinajstić information content (AvgIpc) is 2.92. The first-order valence-electron chi connectivity index (χ1n) is 12.1. The van der Waals surface area contributed by atoms with Gasteiger partial charge in [-0.2, -0.15) is 0 Å². The Labute approximate surface area is 237 Å². The van der Waals surface area contributed by atoms with Gasteiger partial charge in [-0.05, 0) is 35.4 Å². The van der Waals surface area contributed by atoms with Crippen LogP contribution in [0.15, 0.2) is 77.3 Å². The van der Waals surface area contributed by atoms with Crippen molar-refractivity contribution in [2.24, 2.45) is 0 Å². The number of carbonyl (C=O) groups is 2. The molecule has 0 saturated carbocycles. The Kier molecular flexibility index (Phi) is 10.4. The molecule has 208 valence electrons. The van der Waals surface area contributed by atoms with Gasteiger partial charge in [0, 0.05) is 30.6 Å². The van der Waals surface area contributed by atoms with E-state index in [1.54, 1.807) is 12.1 Å². The predicted molar refractivity (Wildman–Crippen MR) is 154 cm³/mol. The molecule has 3 aromatic carbocycles. The van der Waals surface area contributed by atoms with Crippen LogP contribution in [-0.2, 0) is 32.6 Å². The van der Waals surface area contributed by atoms with Crippen LogP contribution in [0.5, 0.6) is 11.5 Å². The maximum Gasteiger partial charge on any atom is 0.244 e. The standard InChI is InChI=1S/C28H32BrN3O6S/c1-30-28(34)25(16-20-9-6-5-7-10-20)31(18-21-11-8-12-22(29)15-21)27(33)19-32(39(4,35)36)24-17-23(37-2)13-14-26(24)38-3/h5-15,17,25H,16,18-19H2,1-4H3,(H,30,34)/t25-/m1/s1. The van der Waals surface area contributed by atoms with Crippen LogP contribution in [-0.4, -0.2) is 65.2 Å². The van der Waals surface area contributed by atoms with Crippen LogP contribution in [0, 0.1) is 0 Å². The van der Waals surface area contributed by atoms with Crippen LogP contribution in [0.4, 0.5) is 5.69 Å². The van der Waals surface area contributed by atoms with E-state index in [-0.39, 0.29) is 30.3 Å². The van der Waals surface area contributed by atoms with Crippen molar-refractivity contribution in [3.8, 4) is 11.5 Å². The molecule has 1 atom stereocenters. The molecule has 9 nitrogen and oxygen atoms in total. The molecule has 1 N–H and O–H groups in total. The van der Waals surface area contributed by atoms with E-state index in [4.69, 9.17) is 9.47 Å². The third kappa shape index (κ3) is 7.96. The molecular formula is C28H32BrN3O6S. The normalized spacial score (nSPS) is 11.8. The molecule has 0 heterocycles. The minimum Gasteiger partial charge on any atom is -0.497 e. The molecular weight excluding hydrogens is 586 g/mol. The fourth-order valence-electron chi connectivity index (χ4n) is 4.14. The van der Waals surface area contributed by atoms with Crippen LogP contribution in [0.3, 0.4) is 0 Å². The summed E-state index contributed by atoms with van der Waals surface area (Å²) in [5.41, 5.74) is 1.77. The van der Waals surface area contributed by atoms with Gasteiger partial charge in [0.1, 0.15) is 24.1 Å². The second-order valence-corrected chi connectivity index (χ2v) is 11.6. The number of rotatable bonds is 12. The summed E-state index contributed by atoms with van der Waals surface area (Å²) >= 11 is 3.45. The number of nitrogens with zero attached hydrogens (tertiary/aromatic N) is 2. The minimum atomic E-state index is -3.95. The number of sulfonamides is 1. The van der Waals surface area contributed by atoms with Gasteiger partial charge in [-0.15, -0.1) is 0 Å². The quantitative estimate of drug-likeness (QED) is 0.333. The molecule has 0 unspecified atom stereocenters. The molecule has 0 aliphatic carbocycles. The highest BCUT2D eigenvalue weighted by Gasteiger charge is 2.33. The molecule has 0 bridgehead atoms. The highest BCUT2D eigenvalue weighted by atomic mass is 79.9. The first-order chi connectivity index (χ1) is 18.6. The maximum absolute atomic E-state index is 14.0. The topological polar surface area (TPSA) is 105 Å². The number of amides is 2. The van der Waals surface area contributed by atoms with Crippen molar-refractivity contribution in [2.75, 3.05) is 38.4 Å². The number of anilines is 1. The number of halogens is 1. The zero-order valence-corrected chi connectivity index (χ0v) is 24.7. The lowest BCUT2D eigenvalue weighted by Crippen LogP contribution is -2.52. The third-order valence-electron chi connectivity index (χ3n) is 6.09. The van der Waals surface area contributed by atoms with E-state index in [1.807, 2.05) is 54.6 Å². The van der Waals surface area contributed by atoms with Gasteiger partial charge >= 0.3 is 0 Å². The average molecular weight is 619 g/mol. The lowest BCUT2D eigenvalue weighted by Gasteiger charge is -2.33. The van der Waals surface area contributed by atoms with Crippen LogP contribution in [0.1, 0.15) is 11.1 Å².